The lowest BCUT2D eigenvalue weighted by Crippen LogP contribution is -2.37. The minimum absolute atomic E-state index is 0.232. The summed E-state index contributed by atoms with van der Waals surface area (Å²) in [6, 6.07) is 8.12. The molecule has 0 aliphatic heterocycles. The Morgan fingerprint density at radius 1 is 1.20 bits per heavy atom. The molecule has 3 nitrogen and oxygen atoms in total. The molecule has 0 saturated heterocycles. The molecule has 1 rings (SSSR count). The van der Waals surface area contributed by atoms with Gasteiger partial charge in [0.15, 0.2) is 0 Å². The van der Waals surface area contributed by atoms with E-state index < -0.39 is 0 Å². The van der Waals surface area contributed by atoms with Gasteiger partial charge in [-0.25, -0.2) is 0 Å². The van der Waals surface area contributed by atoms with Gasteiger partial charge < -0.3 is 9.80 Å². The average molecular weight is 276 g/mol. The summed E-state index contributed by atoms with van der Waals surface area (Å²) in [5, 5.41) is 0. The highest BCUT2D eigenvalue weighted by molar-refractivity contribution is 5.94. The lowest BCUT2D eigenvalue weighted by Gasteiger charge is -2.27. The molecule has 1 aromatic rings. The second-order valence-electron chi connectivity index (χ2n) is 5.85. The molecule has 0 N–H and O–H groups in total. The first-order valence-corrected chi connectivity index (χ1v) is 7.46. The Balaban J connectivity index is 2.90. The van der Waals surface area contributed by atoms with Crippen LogP contribution in [0.25, 0.3) is 0 Å². The van der Waals surface area contributed by atoms with E-state index >= 15 is 0 Å². The molecule has 0 bridgehead atoms. The van der Waals surface area contributed by atoms with E-state index in [1.54, 1.807) is 0 Å². The monoisotopic (exact) mass is 276 g/mol. The van der Waals surface area contributed by atoms with E-state index in [0.29, 0.717) is 12.3 Å². The Hall–Kier alpha value is -1.35. The van der Waals surface area contributed by atoms with Gasteiger partial charge in [0, 0.05) is 25.2 Å². The van der Waals surface area contributed by atoms with E-state index in [0.717, 1.165) is 30.8 Å². The molecule has 0 spiro atoms. The molecular formula is C17H28N2O. The number of nitrogens with zero attached hydrogens (tertiary/aromatic N) is 2. The SMILES string of the molecule is CCC(C)CC(=O)N(CCN(C)C)c1ccccc1C. The van der Waals surface area contributed by atoms with Crippen molar-refractivity contribution in [3.63, 3.8) is 0 Å². The molecule has 0 saturated carbocycles. The Morgan fingerprint density at radius 3 is 2.40 bits per heavy atom. The fourth-order valence-corrected chi connectivity index (χ4v) is 2.10. The molecule has 20 heavy (non-hydrogen) atoms. The maximum atomic E-state index is 12.6. The highest BCUT2D eigenvalue weighted by Crippen LogP contribution is 2.21. The minimum atomic E-state index is 0.232. The summed E-state index contributed by atoms with van der Waals surface area (Å²) in [6.45, 7) is 7.96. The largest absolute Gasteiger partial charge is 0.311 e. The third-order valence-electron chi connectivity index (χ3n) is 3.70. The molecule has 0 fully saturated rings. The van der Waals surface area contributed by atoms with Gasteiger partial charge in [0.05, 0.1) is 0 Å². The van der Waals surface area contributed by atoms with Crippen LogP contribution in [0.1, 0.15) is 32.3 Å². The third-order valence-corrected chi connectivity index (χ3v) is 3.70. The molecular weight excluding hydrogens is 248 g/mol. The van der Waals surface area contributed by atoms with Gasteiger partial charge in [-0.15, -0.1) is 0 Å². The van der Waals surface area contributed by atoms with Gasteiger partial charge in [0.25, 0.3) is 0 Å². The molecule has 0 aliphatic carbocycles. The maximum absolute atomic E-state index is 12.6. The number of likely N-dealkylation sites (N-methyl/N-ethyl adjacent to an activating group) is 1. The van der Waals surface area contributed by atoms with Crippen molar-refractivity contribution >= 4 is 11.6 Å². The zero-order chi connectivity index (χ0) is 15.1. The number of para-hydroxylation sites is 1. The van der Waals surface area contributed by atoms with Crippen molar-refractivity contribution in [2.24, 2.45) is 5.92 Å². The molecule has 0 aliphatic rings. The smallest absolute Gasteiger partial charge is 0.227 e. The Bertz CT molecular complexity index is 429. The van der Waals surface area contributed by atoms with Gasteiger partial charge in [-0.2, -0.15) is 0 Å². The summed E-state index contributed by atoms with van der Waals surface area (Å²) < 4.78 is 0. The quantitative estimate of drug-likeness (QED) is 0.762. The first-order chi connectivity index (χ1) is 9.45. The van der Waals surface area contributed by atoms with E-state index in [9.17, 15) is 4.79 Å². The first kappa shape index (κ1) is 16.7. The van der Waals surface area contributed by atoms with Crippen LogP contribution < -0.4 is 4.90 Å². The van der Waals surface area contributed by atoms with Crippen LogP contribution in [0.2, 0.25) is 0 Å². The van der Waals surface area contributed by atoms with E-state index in [1.807, 2.05) is 37.2 Å². The first-order valence-electron chi connectivity index (χ1n) is 7.46. The summed E-state index contributed by atoms with van der Waals surface area (Å²) in [4.78, 5) is 16.6. The van der Waals surface area contributed by atoms with Gasteiger partial charge in [-0.3, -0.25) is 4.79 Å². The van der Waals surface area contributed by atoms with Gasteiger partial charge in [-0.05, 0) is 38.6 Å². The second kappa shape index (κ2) is 8.05. The second-order valence-corrected chi connectivity index (χ2v) is 5.85. The number of hydrogen-bond acceptors (Lipinski definition) is 2. The predicted molar refractivity (Wildman–Crippen MR) is 86.2 cm³/mol. The fraction of sp³-hybridized carbons (Fsp3) is 0.588. The normalized spacial score (nSPS) is 12.5. The molecule has 0 heterocycles. The Labute approximate surface area is 123 Å². The highest BCUT2D eigenvalue weighted by atomic mass is 16.2. The van der Waals surface area contributed by atoms with Gasteiger partial charge in [0.1, 0.15) is 0 Å². The van der Waals surface area contributed by atoms with Crippen LogP contribution in [0.15, 0.2) is 24.3 Å². The maximum Gasteiger partial charge on any atom is 0.227 e. The van der Waals surface area contributed by atoms with E-state index in [4.69, 9.17) is 0 Å². The predicted octanol–water partition coefficient (Wildman–Crippen LogP) is 3.33. The van der Waals surface area contributed by atoms with Crippen LogP contribution in [0.3, 0.4) is 0 Å². The molecule has 1 amide bonds. The van der Waals surface area contributed by atoms with Crippen molar-refractivity contribution in [1.29, 1.82) is 0 Å². The number of carbonyl (C=O) groups is 1. The summed E-state index contributed by atoms with van der Waals surface area (Å²) in [5.74, 6) is 0.670. The molecule has 0 radical (unpaired) electrons. The molecule has 1 atom stereocenters. The fourth-order valence-electron chi connectivity index (χ4n) is 2.10. The zero-order valence-electron chi connectivity index (χ0n) is 13.5. The van der Waals surface area contributed by atoms with Crippen molar-refractivity contribution in [3.05, 3.63) is 29.8 Å². The number of carbonyl (C=O) groups excluding carboxylic acids is 1. The van der Waals surface area contributed by atoms with Crippen LogP contribution in [0, 0.1) is 12.8 Å². The van der Waals surface area contributed by atoms with Crippen molar-refractivity contribution < 1.29 is 4.79 Å². The van der Waals surface area contributed by atoms with Crippen LogP contribution in [-0.4, -0.2) is 38.0 Å². The summed E-state index contributed by atoms with van der Waals surface area (Å²) in [5.41, 5.74) is 2.20. The third kappa shape index (κ3) is 4.97. The van der Waals surface area contributed by atoms with Gasteiger partial charge >= 0.3 is 0 Å². The average Bonchev–Trinajstić information content (AvgIpc) is 2.40. The Morgan fingerprint density at radius 2 is 1.85 bits per heavy atom. The molecule has 1 unspecified atom stereocenters. The molecule has 3 heteroatoms. The van der Waals surface area contributed by atoms with Crippen LogP contribution in [0.4, 0.5) is 5.69 Å². The van der Waals surface area contributed by atoms with Crippen molar-refractivity contribution in [1.82, 2.24) is 4.90 Å². The highest BCUT2D eigenvalue weighted by Gasteiger charge is 2.19. The van der Waals surface area contributed by atoms with Crippen LogP contribution in [0.5, 0.6) is 0 Å². The van der Waals surface area contributed by atoms with E-state index in [1.165, 1.54) is 0 Å². The molecule has 112 valence electrons. The topological polar surface area (TPSA) is 23.6 Å². The summed E-state index contributed by atoms with van der Waals surface area (Å²) >= 11 is 0. The van der Waals surface area contributed by atoms with Crippen LogP contribution >= 0.6 is 0 Å². The van der Waals surface area contributed by atoms with E-state index in [2.05, 4.69) is 31.7 Å². The summed E-state index contributed by atoms with van der Waals surface area (Å²) in [7, 11) is 4.07. The number of rotatable bonds is 7. The number of amides is 1. The zero-order valence-corrected chi connectivity index (χ0v) is 13.5. The van der Waals surface area contributed by atoms with Gasteiger partial charge in [-0.1, -0.05) is 38.5 Å². The van der Waals surface area contributed by atoms with Gasteiger partial charge in [0.2, 0.25) is 5.91 Å². The van der Waals surface area contributed by atoms with Crippen molar-refractivity contribution in [2.45, 2.75) is 33.6 Å². The number of aryl methyl sites for hydroxylation is 1. The molecule has 1 aromatic carbocycles. The standard InChI is InChI=1S/C17H28N2O/c1-6-14(2)13-17(20)19(12-11-18(4)5)16-10-8-7-9-15(16)3/h7-10,14H,6,11-13H2,1-5H3. The lowest BCUT2D eigenvalue weighted by atomic mass is 10.0. The summed E-state index contributed by atoms with van der Waals surface area (Å²) in [6.07, 6.45) is 1.67. The lowest BCUT2D eigenvalue weighted by molar-refractivity contribution is -0.119. The number of benzene rings is 1. The van der Waals surface area contributed by atoms with E-state index in [-0.39, 0.29) is 5.91 Å². The number of anilines is 1. The van der Waals surface area contributed by atoms with Crippen molar-refractivity contribution in [2.75, 3.05) is 32.1 Å². The number of hydrogen-bond donors (Lipinski definition) is 0. The van der Waals surface area contributed by atoms with Crippen molar-refractivity contribution in [3.8, 4) is 0 Å². The Kier molecular flexibility index (Phi) is 6.73. The van der Waals surface area contributed by atoms with Crippen LogP contribution in [-0.2, 0) is 4.79 Å². The molecule has 0 aromatic heterocycles. The minimum Gasteiger partial charge on any atom is -0.311 e.